The number of esters is 1. The van der Waals surface area contributed by atoms with E-state index >= 15 is 0 Å². The number of carbonyl (C=O) groups is 1. The van der Waals surface area contributed by atoms with Gasteiger partial charge in [-0.2, -0.15) is 0 Å². The molecule has 118 valence electrons. The number of carbonyl (C=O) groups excluding carboxylic acids is 1. The Balaban J connectivity index is 1.94. The van der Waals surface area contributed by atoms with Gasteiger partial charge >= 0.3 is 5.97 Å². The summed E-state index contributed by atoms with van der Waals surface area (Å²) in [5.74, 6) is 0.244. The van der Waals surface area contributed by atoms with Gasteiger partial charge in [0.05, 0.1) is 0 Å². The van der Waals surface area contributed by atoms with Crippen LogP contribution in [-0.4, -0.2) is 16.7 Å². The van der Waals surface area contributed by atoms with E-state index < -0.39 is 5.60 Å². The number of aromatic hydroxyl groups is 1. The molecule has 0 amide bonds. The SMILES string of the molecule is CC1=CCC(C(C)(C)OC(=O)/C=C\c2ccc(O)cc2)CC1. The third-order valence-corrected chi connectivity index (χ3v) is 4.29. The van der Waals surface area contributed by atoms with E-state index in [1.165, 1.54) is 11.6 Å². The standard InChI is InChI=1S/C19H24O3/c1-14-4-9-16(10-5-14)19(2,3)22-18(21)13-8-15-6-11-17(20)12-7-15/h4,6-8,11-13,16,20H,5,9-10H2,1-3H3/b13-8-. The zero-order valence-electron chi connectivity index (χ0n) is 13.5. The monoisotopic (exact) mass is 300 g/mol. The van der Waals surface area contributed by atoms with E-state index in [0.29, 0.717) is 5.92 Å². The summed E-state index contributed by atoms with van der Waals surface area (Å²) in [5.41, 5.74) is 1.81. The molecule has 3 heteroatoms. The Bertz CT molecular complexity index is 579. The van der Waals surface area contributed by atoms with Crippen LogP contribution in [0.1, 0.15) is 45.6 Å². The molecule has 1 aromatic rings. The van der Waals surface area contributed by atoms with E-state index in [0.717, 1.165) is 24.8 Å². The van der Waals surface area contributed by atoms with Gasteiger partial charge in [-0.1, -0.05) is 23.8 Å². The second-order valence-corrected chi connectivity index (χ2v) is 6.47. The van der Waals surface area contributed by atoms with E-state index in [-0.39, 0.29) is 11.7 Å². The van der Waals surface area contributed by atoms with E-state index in [9.17, 15) is 9.90 Å². The van der Waals surface area contributed by atoms with E-state index in [1.54, 1.807) is 30.3 Å². The first kappa shape index (κ1) is 16.3. The topological polar surface area (TPSA) is 46.5 Å². The van der Waals surface area contributed by atoms with Crippen LogP contribution >= 0.6 is 0 Å². The van der Waals surface area contributed by atoms with Crippen LogP contribution in [0.4, 0.5) is 0 Å². The van der Waals surface area contributed by atoms with Crippen LogP contribution in [0.3, 0.4) is 0 Å². The van der Waals surface area contributed by atoms with Crippen molar-refractivity contribution in [3.05, 3.63) is 47.6 Å². The Morgan fingerprint density at radius 1 is 1.32 bits per heavy atom. The van der Waals surface area contributed by atoms with Gasteiger partial charge in [-0.25, -0.2) is 4.79 Å². The van der Waals surface area contributed by atoms with Crippen LogP contribution in [0.2, 0.25) is 0 Å². The number of benzene rings is 1. The minimum absolute atomic E-state index is 0.210. The first-order valence-corrected chi connectivity index (χ1v) is 7.72. The quantitative estimate of drug-likeness (QED) is 0.507. The molecule has 3 nitrogen and oxygen atoms in total. The summed E-state index contributed by atoms with van der Waals surface area (Å²) in [5, 5.41) is 9.23. The average molecular weight is 300 g/mol. The molecule has 1 N–H and O–H groups in total. The fraction of sp³-hybridized carbons (Fsp3) is 0.421. The number of allylic oxidation sites excluding steroid dienone is 2. The molecular formula is C19H24O3. The molecule has 0 saturated heterocycles. The van der Waals surface area contributed by atoms with Crippen molar-refractivity contribution in [1.82, 2.24) is 0 Å². The summed E-state index contributed by atoms with van der Waals surface area (Å²) in [7, 11) is 0. The van der Waals surface area contributed by atoms with Crippen LogP contribution in [0.15, 0.2) is 42.0 Å². The van der Waals surface area contributed by atoms with Gasteiger partial charge in [-0.15, -0.1) is 0 Å². The fourth-order valence-electron chi connectivity index (χ4n) is 2.72. The molecular weight excluding hydrogens is 276 g/mol. The number of ether oxygens (including phenoxy) is 1. The first-order chi connectivity index (χ1) is 10.4. The van der Waals surface area contributed by atoms with E-state index in [2.05, 4.69) is 13.0 Å². The molecule has 0 spiro atoms. The molecule has 1 aliphatic carbocycles. The maximum absolute atomic E-state index is 12.0. The molecule has 0 saturated carbocycles. The lowest BCUT2D eigenvalue weighted by Crippen LogP contribution is -2.37. The van der Waals surface area contributed by atoms with Gasteiger partial charge in [-0.05, 0) is 63.8 Å². The maximum atomic E-state index is 12.0. The zero-order valence-corrected chi connectivity index (χ0v) is 13.5. The minimum atomic E-state index is -0.465. The number of phenolic OH excluding ortho intramolecular Hbond substituents is 1. The predicted octanol–water partition coefficient (Wildman–Crippen LogP) is 4.47. The summed E-state index contributed by atoms with van der Waals surface area (Å²) in [6, 6.07) is 6.68. The van der Waals surface area contributed by atoms with Gasteiger partial charge < -0.3 is 9.84 Å². The largest absolute Gasteiger partial charge is 0.508 e. The maximum Gasteiger partial charge on any atom is 0.331 e. The van der Waals surface area contributed by atoms with Crippen molar-refractivity contribution < 1.29 is 14.6 Å². The smallest absolute Gasteiger partial charge is 0.331 e. The normalized spacial score (nSPS) is 19.0. The zero-order chi connectivity index (χ0) is 16.2. The lowest BCUT2D eigenvalue weighted by Gasteiger charge is -2.35. The van der Waals surface area contributed by atoms with Crippen molar-refractivity contribution in [2.45, 2.75) is 45.6 Å². The molecule has 1 unspecified atom stereocenters. The summed E-state index contributed by atoms with van der Waals surface area (Å²) < 4.78 is 5.65. The third-order valence-electron chi connectivity index (χ3n) is 4.29. The molecule has 1 aromatic carbocycles. The molecule has 0 aromatic heterocycles. The predicted molar refractivity (Wildman–Crippen MR) is 88.4 cm³/mol. The Morgan fingerprint density at radius 2 is 2.00 bits per heavy atom. The molecule has 2 rings (SSSR count). The average Bonchev–Trinajstić information content (AvgIpc) is 2.46. The fourth-order valence-corrected chi connectivity index (χ4v) is 2.72. The number of phenols is 1. The molecule has 0 heterocycles. The minimum Gasteiger partial charge on any atom is -0.508 e. The molecule has 22 heavy (non-hydrogen) atoms. The Hall–Kier alpha value is -2.03. The highest BCUT2D eigenvalue weighted by Gasteiger charge is 2.33. The Labute approximate surface area is 132 Å². The number of rotatable bonds is 4. The van der Waals surface area contributed by atoms with Crippen molar-refractivity contribution in [3.8, 4) is 5.75 Å². The van der Waals surface area contributed by atoms with E-state index in [4.69, 9.17) is 4.74 Å². The van der Waals surface area contributed by atoms with Gasteiger partial charge in [0.1, 0.15) is 11.4 Å². The first-order valence-electron chi connectivity index (χ1n) is 7.72. The van der Waals surface area contributed by atoms with E-state index in [1.807, 2.05) is 13.8 Å². The molecule has 0 radical (unpaired) electrons. The molecule has 0 fully saturated rings. The molecule has 0 aliphatic heterocycles. The van der Waals surface area contributed by atoms with Crippen LogP contribution in [-0.2, 0) is 9.53 Å². The van der Waals surface area contributed by atoms with Gasteiger partial charge in [0, 0.05) is 12.0 Å². The number of hydrogen-bond donors (Lipinski definition) is 1. The number of hydrogen-bond acceptors (Lipinski definition) is 3. The lowest BCUT2D eigenvalue weighted by atomic mass is 9.79. The third kappa shape index (κ3) is 4.48. The van der Waals surface area contributed by atoms with Crippen molar-refractivity contribution >= 4 is 12.0 Å². The summed E-state index contributed by atoms with van der Waals surface area (Å²) in [4.78, 5) is 12.0. The highest BCUT2D eigenvalue weighted by atomic mass is 16.6. The summed E-state index contributed by atoms with van der Waals surface area (Å²) in [6.07, 6.45) is 8.49. The van der Waals surface area contributed by atoms with Crippen LogP contribution in [0.25, 0.3) is 6.08 Å². The van der Waals surface area contributed by atoms with Gasteiger partial charge in [0.25, 0.3) is 0 Å². The highest BCUT2D eigenvalue weighted by molar-refractivity contribution is 5.87. The Morgan fingerprint density at radius 3 is 2.59 bits per heavy atom. The second-order valence-electron chi connectivity index (χ2n) is 6.47. The van der Waals surface area contributed by atoms with Gasteiger partial charge in [0.15, 0.2) is 0 Å². The Kier molecular flexibility index (Phi) is 5.07. The van der Waals surface area contributed by atoms with Crippen LogP contribution in [0.5, 0.6) is 5.75 Å². The van der Waals surface area contributed by atoms with Crippen molar-refractivity contribution in [1.29, 1.82) is 0 Å². The molecule has 1 aliphatic rings. The van der Waals surface area contributed by atoms with Crippen LogP contribution < -0.4 is 0 Å². The lowest BCUT2D eigenvalue weighted by molar-refractivity contribution is -0.155. The van der Waals surface area contributed by atoms with Gasteiger partial charge in [-0.3, -0.25) is 0 Å². The highest BCUT2D eigenvalue weighted by Crippen LogP contribution is 2.34. The van der Waals surface area contributed by atoms with Crippen molar-refractivity contribution in [2.75, 3.05) is 0 Å². The summed E-state index contributed by atoms with van der Waals surface area (Å²) in [6.45, 7) is 6.12. The van der Waals surface area contributed by atoms with Crippen molar-refractivity contribution in [2.24, 2.45) is 5.92 Å². The van der Waals surface area contributed by atoms with Gasteiger partial charge in [0.2, 0.25) is 0 Å². The summed E-state index contributed by atoms with van der Waals surface area (Å²) >= 11 is 0. The van der Waals surface area contributed by atoms with Crippen LogP contribution in [0, 0.1) is 5.92 Å². The molecule has 0 bridgehead atoms. The second kappa shape index (κ2) is 6.82. The molecule has 1 atom stereocenters. The van der Waals surface area contributed by atoms with Crippen molar-refractivity contribution in [3.63, 3.8) is 0 Å².